The van der Waals surface area contributed by atoms with Gasteiger partial charge in [0.25, 0.3) is 0 Å². The van der Waals surface area contributed by atoms with Gasteiger partial charge in [-0.25, -0.2) is 4.39 Å². The molecule has 0 aromatic heterocycles. The fourth-order valence-electron chi connectivity index (χ4n) is 2.07. The van der Waals surface area contributed by atoms with Crippen LogP contribution in [0.15, 0.2) is 42.5 Å². The van der Waals surface area contributed by atoms with Crippen LogP contribution in [-0.2, 0) is 17.8 Å². The third-order valence-corrected chi connectivity index (χ3v) is 3.48. The van der Waals surface area contributed by atoms with E-state index in [-0.39, 0.29) is 16.7 Å². The molecule has 22 heavy (non-hydrogen) atoms. The van der Waals surface area contributed by atoms with Gasteiger partial charge >= 0.3 is 0 Å². The smallest absolute Gasteiger partial charge is 0.221 e. The summed E-state index contributed by atoms with van der Waals surface area (Å²) in [7, 11) is 0. The maximum Gasteiger partial charge on any atom is 0.221 e. The second-order valence-electron chi connectivity index (χ2n) is 5.05. The van der Waals surface area contributed by atoms with E-state index in [1.54, 1.807) is 6.07 Å². The van der Waals surface area contributed by atoms with Gasteiger partial charge in [0.05, 0.1) is 5.02 Å². The van der Waals surface area contributed by atoms with Gasteiger partial charge in [-0.15, -0.1) is 0 Å². The average molecular weight is 321 g/mol. The maximum atomic E-state index is 13.3. The van der Waals surface area contributed by atoms with Crippen molar-refractivity contribution in [3.8, 4) is 0 Å². The van der Waals surface area contributed by atoms with Crippen molar-refractivity contribution in [3.05, 3.63) is 64.4 Å². The summed E-state index contributed by atoms with van der Waals surface area (Å²) < 4.78 is 13.3. The lowest BCUT2D eigenvalue weighted by Crippen LogP contribution is -2.16. The minimum absolute atomic E-state index is 0.0823. The highest BCUT2D eigenvalue weighted by molar-refractivity contribution is 6.30. The maximum absolute atomic E-state index is 13.3. The first-order chi connectivity index (χ1) is 10.5. The molecule has 0 aliphatic rings. The molecule has 0 unspecified atom stereocenters. The molecule has 0 spiro atoms. The Morgan fingerprint density at radius 1 is 1.14 bits per heavy atom. The van der Waals surface area contributed by atoms with E-state index in [4.69, 9.17) is 11.6 Å². The highest BCUT2D eigenvalue weighted by Crippen LogP contribution is 2.15. The molecule has 2 N–H and O–H groups in total. The van der Waals surface area contributed by atoms with E-state index < -0.39 is 0 Å². The van der Waals surface area contributed by atoms with Crippen molar-refractivity contribution in [2.24, 2.45) is 0 Å². The van der Waals surface area contributed by atoms with Gasteiger partial charge in [-0.2, -0.15) is 0 Å². The van der Waals surface area contributed by atoms with Crippen molar-refractivity contribution in [2.45, 2.75) is 19.9 Å². The SMILES string of the molecule is CC(=O)Nc1ccc(CNCCc2ccc(Cl)c(F)c2)cc1. The molecule has 116 valence electrons. The fraction of sp³-hybridized carbons (Fsp3) is 0.235. The molecule has 2 aromatic carbocycles. The predicted molar refractivity (Wildman–Crippen MR) is 87.6 cm³/mol. The number of amides is 1. The van der Waals surface area contributed by atoms with Crippen LogP contribution >= 0.6 is 11.6 Å². The summed E-state index contributed by atoms with van der Waals surface area (Å²) in [4.78, 5) is 10.9. The molecule has 0 atom stereocenters. The van der Waals surface area contributed by atoms with Crippen molar-refractivity contribution < 1.29 is 9.18 Å². The van der Waals surface area contributed by atoms with Crippen molar-refractivity contribution >= 4 is 23.2 Å². The lowest BCUT2D eigenvalue weighted by atomic mass is 10.1. The first-order valence-corrected chi connectivity index (χ1v) is 7.43. The minimum atomic E-state index is -0.382. The van der Waals surface area contributed by atoms with Crippen LogP contribution in [0.3, 0.4) is 0 Å². The Labute approximate surface area is 134 Å². The summed E-state index contributed by atoms with van der Waals surface area (Å²) in [6.45, 7) is 2.94. The largest absolute Gasteiger partial charge is 0.326 e. The third-order valence-electron chi connectivity index (χ3n) is 3.18. The molecule has 0 bridgehead atoms. The molecule has 5 heteroatoms. The molecule has 0 saturated heterocycles. The van der Waals surface area contributed by atoms with Crippen LogP contribution in [0.1, 0.15) is 18.1 Å². The first kappa shape index (κ1) is 16.5. The van der Waals surface area contributed by atoms with Crippen molar-refractivity contribution in [1.29, 1.82) is 0 Å². The Morgan fingerprint density at radius 3 is 2.45 bits per heavy atom. The number of hydrogen-bond donors (Lipinski definition) is 2. The van der Waals surface area contributed by atoms with Gasteiger partial charge in [0, 0.05) is 19.2 Å². The molecular weight excluding hydrogens is 303 g/mol. The number of rotatable bonds is 6. The normalized spacial score (nSPS) is 10.5. The average Bonchev–Trinajstić information content (AvgIpc) is 2.48. The number of carbonyl (C=O) groups excluding carboxylic acids is 1. The van der Waals surface area contributed by atoms with E-state index >= 15 is 0 Å². The number of benzene rings is 2. The van der Waals surface area contributed by atoms with Gasteiger partial charge in [0.1, 0.15) is 5.82 Å². The molecule has 1 amide bonds. The number of nitrogens with one attached hydrogen (secondary N) is 2. The summed E-state index contributed by atoms with van der Waals surface area (Å²) in [5.41, 5.74) is 2.82. The van der Waals surface area contributed by atoms with E-state index in [0.717, 1.165) is 36.3 Å². The Morgan fingerprint density at radius 2 is 1.82 bits per heavy atom. The first-order valence-electron chi connectivity index (χ1n) is 7.06. The third kappa shape index (κ3) is 5.13. The number of hydrogen-bond acceptors (Lipinski definition) is 2. The Hall–Kier alpha value is -1.91. The molecule has 3 nitrogen and oxygen atoms in total. The zero-order valence-corrected chi connectivity index (χ0v) is 13.1. The van der Waals surface area contributed by atoms with E-state index in [9.17, 15) is 9.18 Å². The standard InChI is InChI=1S/C17H18ClFN2O/c1-12(22)21-15-5-2-14(3-6-15)11-20-9-8-13-4-7-16(18)17(19)10-13/h2-7,10,20H,8-9,11H2,1H3,(H,21,22). The van der Waals surface area contributed by atoms with Crippen molar-refractivity contribution in [2.75, 3.05) is 11.9 Å². The van der Waals surface area contributed by atoms with Gasteiger partial charge in [0.15, 0.2) is 0 Å². The molecule has 0 fully saturated rings. The summed E-state index contributed by atoms with van der Waals surface area (Å²) in [5.74, 6) is -0.464. The summed E-state index contributed by atoms with van der Waals surface area (Å²) in [6.07, 6.45) is 0.734. The van der Waals surface area contributed by atoms with E-state index in [0.29, 0.717) is 0 Å². The molecule has 0 aliphatic heterocycles. The van der Waals surface area contributed by atoms with Crippen molar-refractivity contribution in [3.63, 3.8) is 0 Å². The quantitative estimate of drug-likeness (QED) is 0.795. The monoisotopic (exact) mass is 320 g/mol. The lowest BCUT2D eigenvalue weighted by Gasteiger charge is -2.07. The van der Waals surface area contributed by atoms with Crippen LogP contribution in [0.5, 0.6) is 0 Å². The van der Waals surface area contributed by atoms with Gasteiger partial charge in [-0.3, -0.25) is 4.79 Å². The summed E-state index contributed by atoms with van der Waals surface area (Å²) >= 11 is 5.65. The number of carbonyl (C=O) groups is 1. The molecule has 2 rings (SSSR count). The molecule has 0 saturated carbocycles. The van der Waals surface area contributed by atoms with Gasteiger partial charge in [0.2, 0.25) is 5.91 Å². The summed E-state index contributed by atoms with van der Waals surface area (Å²) in [6, 6.07) is 12.5. The minimum Gasteiger partial charge on any atom is -0.326 e. The second-order valence-corrected chi connectivity index (χ2v) is 5.46. The van der Waals surface area contributed by atoms with E-state index in [1.165, 1.54) is 13.0 Å². The predicted octanol–water partition coefficient (Wildman–Crippen LogP) is 3.77. The van der Waals surface area contributed by atoms with Gasteiger partial charge in [-0.05, 0) is 48.4 Å². The topological polar surface area (TPSA) is 41.1 Å². The summed E-state index contributed by atoms with van der Waals surface area (Å²) in [5, 5.41) is 6.18. The van der Waals surface area contributed by atoms with Crippen LogP contribution in [-0.4, -0.2) is 12.5 Å². The lowest BCUT2D eigenvalue weighted by molar-refractivity contribution is -0.114. The number of anilines is 1. The Balaban J connectivity index is 1.76. The van der Waals surface area contributed by atoms with Crippen molar-refractivity contribution in [1.82, 2.24) is 5.32 Å². The Bertz CT molecular complexity index is 644. The van der Waals surface area contributed by atoms with Gasteiger partial charge < -0.3 is 10.6 Å². The van der Waals surface area contributed by atoms with Crippen LogP contribution < -0.4 is 10.6 Å². The highest BCUT2D eigenvalue weighted by Gasteiger charge is 2.01. The second kappa shape index (κ2) is 7.92. The van der Waals surface area contributed by atoms with Crippen LogP contribution in [0, 0.1) is 5.82 Å². The van der Waals surface area contributed by atoms with Crippen LogP contribution in [0.4, 0.5) is 10.1 Å². The Kier molecular flexibility index (Phi) is 5.92. The zero-order valence-electron chi connectivity index (χ0n) is 12.3. The molecule has 0 heterocycles. The van der Waals surface area contributed by atoms with Gasteiger partial charge in [-0.1, -0.05) is 29.8 Å². The van der Waals surface area contributed by atoms with Crippen LogP contribution in [0.2, 0.25) is 5.02 Å². The fourth-order valence-corrected chi connectivity index (χ4v) is 2.19. The van der Waals surface area contributed by atoms with Crippen LogP contribution in [0.25, 0.3) is 0 Å². The molecular formula is C17H18ClFN2O. The molecule has 0 aliphatic carbocycles. The van der Waals surface area contributed by atoms with E-state index in [2.05, 4.69) is 10.6 Å². The number of halogens is 2. The molecule has 2 aromatic rings. The zero-order chi connectivity index (χ0) is 15.9. The van der Waals surface area contributed by atoms with E-state index in [1.807, 2.05) is 30.3 Å². The molecule has 0 radical (unpaired) electrons. The highest BCUT2D eigenvalue weighted by atomic mass is 35.5.